The molecule has 2 aromatic carbocycles. The molecule has 1 unspecified atom stereocenters. The number of rotatable bonds is 6. The van der Waals surface area contributed by atoms with Gasteiger partial charge in [-0.2, -0.15) is 0 Å². The number of nitrogens with one attached hydrogen (secondary N) is 1. The van der Waals surface area contributed by atoms with Gasteiger partial charge in [0, 0.05) is 23.7 Å². The van der Waals surface area contributed by atoms with Gasteiger partial charge in [0.15, 0.2) is 0 Å². The molecular weight excluding hydrogens is 395 g/mol. The van der Waals surface area contributed by atoms with E-state index in [0.29, 0.717) is 5.56 Å². The first-order valence-corrected chi connectivity index (χ1v) is 11.5. The Bertz CT molecular complexity index is 1080. The fraction of sp³-hybridized carbons (Fsp3) is 0.238. The van der Waals surface area contributed by atoms with Crippen molar-refractivity contribution in [2.45, 2.75) is 24.3 Å². The van der Waals surface area contributed by atoms with Gasteiger partial charge in [-0.15, -0.1) is 11.3 Å². The summed E-state index contributed by atoms with van der Waals surface area (Å²) in [4.78, 5) is 3.45. The van der Waals surface area contributed by atoms with Gasteiger partial charge in [0.2, 0.25) is 10.0 Å². The quantitative estimate of drug-likeness (QED) is 0.653. The molecule has 1 aliphatic heterocycles. The van der Waals surface area contributed by atoms with Gasteiger partial charge < -0.3 is 4.90 Å². The molecule has 4 rings (SSSR count). The molecule has 1 atom stereocenters. The lowest BCUT2D eigenvalue weighted by Crippen LogP contribution is -2.37. The van der Waals surface area contributed by atoms with Crippen LogP contribution in [-0.2, 0) is 16.4 Å². The number of thiophene rings is 1. The van der Waals surface area contributed by atoms with E-state index in [1.54, 1.807) is 18.3 Å². The minimum atomic E-state index is -3.73. The van der Waals surface area contributed by atoms with Crippen LogP contribution in [0.1, 0.15) is 22.0 Å². The number of sulfonamides is 1. The van der Waals surface area contributed by atoms with E-state index >= 15 is 0 Å². The normalized spacial score (nSPS) is 14.9. The molecule has 1 N–H and O–H groups in total. The number of anilines is 1. The molecule has 146 valence electrons. The molecule has 0 fully saturated rings. The molecule has 1 aromatic heterocycles. The maximum absolute atomic E-state index is 13.5. The van der Waals surface area contributed by atoms with Crippen molar-refractivity contribution in [3.05, 3.63) is 81.8 Å². The van der Waals surface area contributed by atoms with Gasteiger partial charge in [-0.1, -0.05) is 24.3 Å². The van der Waals surface area contributed by atoms with Crippen LogP contribution in [0.5, 0.6) is 0 Å². The zero-order chi connectivity index (χ0) is 19.7. The number of benzene rings is 2. The minimum absolute atomic E-state index is 0.0816. The molecule has 1 aliphatic rings. The summed E-state index contributed by atoms with van der Waals surface area (Å²) in [7, 11) is -3.73. The van der Waals surface area contributed by atoms with Crippen molar-refractivity contribution in [1.29, 1.82) is 0 Å². The van der Waals surface area contributed by atoms with Crippen molar-refractivity contribution >= 4 is 27.0 Å². The first kappa shape index (κ1) is 19.1. The summed E-state index contributed by atoms with van der Waals surface area (Å²) in [6.45, 7) is 2.65. The van der Waals surface area contributed by atoms with Gasteiger partial charge in [-0.25, -0.2) is 17.5 Å². The molecule has 2 heterocycles. The maximum Gasteiger partial charge on any atom is 0.240 e. The van der Waals surface area contributed by atoms with Gasteiger partial charge in [0.05, 0.1) is 10.9 Å². The Morgan fingerprint density at radius 2 is 2.00 bits per heavy atom. The van der Waals surface area contributed by atoms with Gasteiger partial charge in [0.25, 0.3) is 0 Å². The van der Waals surface area contributed by atoms with Crippen LogP contribution in [-0.4, -0.2) is 21.5 Å². The molecule has 7 heteroatoms. The predicted octanol–water partition coefficient (Wildman–Crippen LogP) is 4.28. The molecular formula is C21H21FN2O2S2. The van der Waals surface area contributed by atoms with Crippen LogP contribution in [0.2, 0.25) is 0 Å². The Kier molecular flexibility index (Phi) is 5.23. The molecule has 0 bridgehead atoms. The largest absolute Gasteiger partial charge is 0.362 e. The molecule has 0 aliphatic carbocycles. The summed E-state index contributed by atoms with van der Waals surface area (Å²) in [5.74, 6) is -0.413. The van der Waals surface area contributed by atoms with Crippen molar-refractivity contribution in [2.75, 3.05) is 18.0 Å². The van der Waals surface area contributed by atoms with Crippen LogP contribution in [0.25, 0.3) is 0 Å². The van der Waals surface area contributed by atoms with Crippen LogP contribution in [0.3, 0.4) is 0 Å². The number of aryl methyl sites for hydroxylation is 1. The smallest absolute Gasteiger partial charge is 0.240 e. The third-order valence-corrected chi connectivity index (χ3v) is 7.47. The lowest BCUT2D eigenvalue weighted by atomic mass is 10.1. The van der Waals surface area contributed by atoms with E-state index in [1.807, 2.05) is 29.6 Å². The summed E-state index contributed by atoms with van der Waals surface area (Å²) < 4.78 is 41.8. The van der Waals surface area contributed by atoms with Gasteiger partial charge in [-0.3, -0.25) is 0 Å². The molecule has 0 radical (unpaired) electrons. The summed E-state index contributed by atoms with van der Waals surface area (Å²) >= 11 is 1.62. The number of halogens is 1. The van der Waals surface area contributed by atoms with E-state index in [-0.39, 0.29) is 17.5 Å². The topological polar surface area (TPSA) is 49.4 Å². The van der Waals surface area contributed by atoms with Gasteiger partial charge >= 0.3 is 0 Å². The average Bonchev–Trinajstić information content (AvgIpc) is 3.35. The molecule has 0 saturated carbocycles. The van der Waals surface area contributed by atoms with Crippen molar-refractivity contribution < 1.29 is 12.8 Å². The standard InChI is InChI=1S/C21H21FN2O2S2/c1-15-13-17(8-9-18(15)22)28(25,26)23-14-20(21-7-4-12-27-21)24-11-10-16-5-2-3-6-19(16)24/h2-9,12-13,20,23H,10-11,14H2,1H3. The molecule has 3 aromatic rings. The highest BCUT2D eigenvalue weighted by molar-refractivity contribution is 7.89. The van der Waals surface area contributed by atoms with Crippen LogP contribution in [0, 0.1) is 12.7 Å². The lowest BCUT2D eigenvalue weighted by molar-refractivity contribution is 0.564. The highest BCUT2D eigenvalue weighted by Gasteiger charge is 2.29. The number of nitrogens with zero attached hydrogens (tertiary/aromatic N) is 1. The highest BCUT2D eigenvalue weighted by atomic mass is 32.2. The van der Waals surface area contributed by atoms with Crippen LogP contribution in [0.4, 0.5) is 10.1 Å². The van der Waals surface area contributed by atoms with Crippen molar-refractivity contribution in [1.82, 2.24) is 4.72 Å². The lowest BCUT2D eigenvalue weighted by Gasteiger charge is -2.30. The van der Waals surface area contributed by atoms with Crippen LogP contribution >= 0.6 is 11.3 Å². The van der Waals surface area contributed by atoms with E-state index in [2.05, 4.69) is 21.8 Å². The second-order valence-electron chi connectivity index (χ2n) is 6.87. The fourth-order valence-electron chi connectivity index (χ4n) is 3.59. The van der Waals surface area contributed by atoms with E-state index in [4.69, 9.17) is 0 Å². The first-order chi connectivity index (χ1) is 13.5. The Hall–Kier alpha value is -2.22. The number of hydrogen-bond acceptors (Lipinski definition) is 4. The zero-order valence-corrected chi connectivity index (χ0v) is 17.1. The van der Waals surface area contributed by atoms with Gasteiger partial charge in [-0.05, 0) is 60.2 Å². The molecule has 0 spiro atoms. The summed E-state index contributed by atoms with van der Waals surface area (Å²) in [5, 5.41) is 2.00. The average molecular weight is 417 g/mol. The second kappa shape index (κ2) is 7.66. The van der Waals surface area contributed by atoms with Crippen molar-refractivity contribution in [3.63, 3.8) is 0 Å². The predicted molar refractivity (Wildman–Crippen MR) is 111 cm³/mol. The summed E-state index contributed by atoms with van der Waals surface area (Å²) in [5.41, 5.74) is 2.74. The third-order valence-electron chi connectivity index (χ3n) is 5.08. The molecule has 0 amide bonds. The second-order valence-corrected chi connectivity index (χ2v) is 9.61. The summed E-state index contributed by atoms with van der Waals surface area (Å²) in [6, 6.07) is 16.0. The van der Waals surface area contributed by atoms with Crippen LogP contribution in [0.15, 0.2) is 64.9 Å². The minimum Gasteiger partial charge on any atom is -0.362 e. The molecule has 28 heavy (non-hydrogen) atoms. The third kappa shape index (κ3) is 3.70. The van der Waals surface area contributed by atoms with E-state index < -0.39 is 15.8 Å². The SMILES string of the molecule is Cc1cc(S(=O)(=O)NCC(c2cccs2)N2CCc3ccccc32)ccc1F. The number of hydrogen-bond donors (Lipinski definition) is 1. The number of fused-ring (bicyclic) bond motifs is 1. The Morgan fingerprint density at radius 1 is 1.18 bits per heavy atom. The Morgan fingerprint density at radius 3 is 2.75 bits per heavy atom. The monoisotopic (exact) mass is 416 g/mol. The van der Waals surface area contributed by atoms with Crippen molar-refractivity contribution in [2.24, 2.45) is 0 Å². The Balaban J connectivity index is 1.60. The Labute approximate surface area is 168 Å². The number of para-hydroxylation sites is 1. The fourth-order valence-corrected chi connectivity index (χ4v) is 5.55. The summed E-state index contributed by atoms with van der Waals surface area (Å²) in [6.07, 6.45) is 0.946. The van der Waals surface area contributed by atoms with Crippen LogP contribution < -0.4 is 9.62 Å². The highest BCUT2D eigenvalue weighted by Crippen LogP contribution is 2.36. The molecule has 4 nitrogen and oxygen atoms in total. The van der Waals surface area contributed by atoms with E-state index in [0.717, 1.165) is 23.5 Å². The first-order valence-electron chi connectivity index (χ1n) is 9.09. The molecule has 0 saturated heterocycles. The zero-order valence-electron chi connectivity index (χ0n) is 15.4. The van der Waals surface area contributed by atoms with E-state index in [9.17, 15) is 12.8 Å². The van der Waals surface area contributed by atoms with E-state index in [1.165, 1.54) is 23.8 Å². The maximum atomic E-state index is 13.5. The van der Waals surface area contributed by atoms with Gasteiger partial charge in [0.1, 0.15) is 5.82 Å². The van der Waals surface area contributed by atoms with Crippen molar-refractivity contribution in [3.8, 4) is 0 Å².